The molecule has 15 rings (SSSR count). The van der Waals surface area contributed by atoms with Crippen LogP contribution in [-0.2, 0) is 17.3 Å². The maximum Gasteiger partial charge on any atom is 0.0746 e. The van der Waals surface area contributed by atoms with E-state index in [0.29, 0.717) is 0 Å². The summed E-state index contributed by atoms with van der Waals surface area (Å²) < 4.78 is 1.38. The van der Waals surface area contributed by atoms with Crippen molar-refractivity contribution in [2.24, 2.45) is 0 Å². The van der Waals surface area contributed by atoms with Gasteiger partial charge in [0, 0.05) is 26.5 Å². The van der Waals surface area contributed by atoms with Gasteiger partial charge in [0.05, 0.1) is 16.5 Å². The van der Waals surface area contributed by atoms with E-state index in [2.05, 4.69) is 254 Å². The number of thiophene rings is 1. The first kappa shape index (κ1) is 39.7. The van der Waals surface area contributed by atoms with Gasteiger partial charge in [0.15, 0.2) is 0 Å². The summed E-state index contributed by atoms with van der Waals surface area (Å²) >= 11 is 1.95. The molecule has 70 heavy (non-hydrogen) atoms. The Morgan fingerprint density at radius 3 is 1.40 bits per heavy atom. The van der Waals surface area contributed by atoms with Crippen molar-refractivity contribution < 1.29 is 0 Å². The van der Waals surface area contributed by atoms with E-state index in [1.54, 1.807) is 0 Å². The monoisotopic (exact) mass is 907 g/mol. The summed E-state index contributed by atoms with van der Waals surface area (Å²) in [6.07, 6.45) is 4.57. The van der Waals surface area contributed by atoms with Gasteiger partial charge in [0.25, 0.3) is 0 Å². The summed E-state index contributed by atoms with van der Waals surface area (Å²) in [7, 11) is 0. The average Bonchev–Trinajstić information content (AvgIpc) is 4.15. The average molecular weight is 908 g/mol. The Labute approximate surface area is 413 Å². The van der Waals surface area contributed by atoms with E-state index >= 15 is 0 Å². The molecular formula is C68H45NS. The number of anilines is 3. The molecule has 11 aromatic rings. The van der Waals surface area contributed by atoms with Crippen molar-refractivity contribution in [2.75, 3.05) is 4.90 Å². The fourth-order valence-electron chi connectivity index (χ4n) is 13.3. The molecular weight excluding hydrogens is 863 g/mol. The number of benzene rings is 10. The molecule has 4 aliphatic rings. The Kier molecular flexibility index (Phi) is 8.56. The third kappa shape index (κ3) is 5.32. The minimum atomic E-state index is -0.517. The zero-order valence-electron chi connectivity index (χ0n) is 38.4. The van der Waals surface area contributed by atoms with Crippen LogP contribution in [0.3, 0.4) is 0 Å². The molecule has 0 radical (unpaired) electrons. The molecule has 0 saturated carbocycles. The molecule has 4 aliphatic carbocycles. The highest BCUT2D eigenvalue weighted by Crippen LogP contribution is 2.65. The van der Waals surface area contributed by atoms with Gasteiger partial charge in [-0.2, -0.15) is 0 Å². The maximum atomic E-state index is 2.55. The summed E-state index contributed by atoms with van der Waals surface area (Å²) in [5, 5.41) is 1.37. The van der Waals surface area contributed by atoms with Crippen molar-refractivity contribution in [2.45, 2.75) is 23.7 Å². The van der Waals surface area contributed by atoms with E-state index in [1.165, 1.54) is 115 Å². The fourth-order valence-corrected chi connectivity index (χ4v) is 14.5. The molecule has 10 aromatic carbocycles. The largest absolute Gasteiger partial charge is 0.310 e. The zero-order chi connectivity index (χ0) is 46.0. The topological polar surface area (TPSA) is 3.24 Å². The molecule has 0 fully saturated rings. The fraction of sp³-hybridized carbons (Fsp3) is 0.0588. The lowest BCUT2D eigenvalue weighted by atomic mass is 9.67. The van der Waals surface area contributed by atoms with Crippen molar-refractivity contribution in [3.63, 3.8) is 0 Å². The van der Waals surface area contributed by atoms with Crippen LogP contribution in [0.2, 0.25) is 0 Å². The molecule has 0 saturated heterocycles. The van der Waals surface area contributed by atoms with Crippen LogP contribution in [0.1, 0.15) is 66.9 Å². The molecule has 1 nitrogen and oxygen atoms in total. The number of allylic oxidation sites excluding steroid dienone is 1. The lowest BCUT2D eigenvalue weighted by molar-refractivity contribution is 0.768. The molecule has 328 valence electrons. The third-order valence-electron chi connectivity index (χ3n) is 16.1. The predicted octanol–water partition coefficient (Wildman–Crippen LogP) is 17.6. The zero-order valence-corrected chi connectivity index (χ0v) is 39.3. The molecule has 0 bridgehead atoms. The Morgan fingerprint density at radius 1 is 0.357 bits per heavy atom. The highest BCUT2D eigenvalue weighted by molar-refractivity contribution is 7.19. The summed E-state index contributed by atoms with van der Waals surface area (Å²) in [6.45, 7) is 0. The van der Waals surface area contributed by atoms with E-state index in [1.807, 2.05) is 11.3 Å². The van der Waals surface area contributed by atoms with Crippen molar-refractivity contribution >= 4 is 50.1 Å². The molecule has 1 spiro atoms. The first-order chi connectivity index (χ1) is 34.7. The highest BCUT2D eigenvalue weighted by Gasteiger charge is 2.53. The van der Waals surface area contributed by atoms with Crippen LogP contribution in [0, 0.1) is 0 Å². The van der Waals surface area contributed by atoms with Crippen LogP contribution in [0.5, 0.6) is 0 Å². The highest BCUT2D eigenvalue weighted by atomic mass is 32.1. The van der Waals surface area contributed by atoms with Crippen molar-refractivity contribution in [1.29, 1.82) is 0 Å². The van der Waals surface area contributed by atoms with Gasteiger partial charge in [-0.05, 0) is 150 Å². The first-order valence-electron chi connectivity index (χ1n) is 24.6. The van der Waals surface area contributed by atoms with Gasteiger partial charge >= 0.3 is 0 Å². The molecule has 1 heterocycles. The first-order valence-corrected chi connectivity index (χ1v) is 25.4. The molecule has 0 unspecified atom stereocenters. The van der Waals surface area contributed by atoms with E-state index in [-0.39, 0.29) is 0 Å². The molecule has 2 heteroatoms. The summed E-state index contributed by atoms with van der Waals surface area (Å²) in [4.78, 5) is 4.05. The van der Waals surface area contributed by atoms with Gasteiger partial charge < -0.3 is 4.90 Å². The van der Waals surface area contributed by atoms with Crippen LogP contribution in [0.4, 0.5) is 17.1 Å². The normalized spacial score (nSPS) is 14.8. The van der Waals surface area contributed by atoms with Gasteiger partial charge in [-0.15, -0.1) is 11.3 Å². The quantitative estimate of drug-likeness (QED) is 0.161. The lowest BCUT2D eigenvalue weighted by Crippen LogP contribution is -2.29. The number of hydrogen-bond donors (Lipinski definition) is 0. The third-order valence-corrected chi connectivity index (χ3v) is 17.3. The summed E-state index contributed by atoms with van der Waals surface area (Å²) in [6, 6.07) is 91.6. The van der Waals surface area contributed by atoms with Crippen molar-refractivity contribution in [3.8, 4) is 33.4 Å². The van der Waals surface area contributed by atoms with Gasteiger partial charge in [-0.25, -0.2) is 0 Å². The van der Waals surface area contributed by atoms with Gasteiger partial charge in [0.2, 0.25) is 0 Å². The van der Waals surface area contributed by atoms with Crippen LogP contribution in [-0.4, -0.2) is 0 Å². The minimum Gasteiger partial charge on any atom is -0.310 e. The SMILES string of the molecule is C1=C(c2ccc(N(c3ccc(C4(c5ccccc5)c5ccccc5-c5ccccc54)cc3)c3cccc4c3C3(c5ccccc5-c5ccccc53)c3ccccc3-4)cc2)CCc2sc3ccccc3c21. The molecule has 0 aliphatic heterocycles. The van der Waals surface area contributed by atoms with E-state index < -0.39 is 10.8 Å². The Bertz CT molecular complexity index is 3840. The number of hydrogen-bond acceptors (Lipinski definition) is 2. The molecule has 0 amide bonds. The molecule has 0 N–H and O–H groups in total. The Balaban J connectivity index is 0.956. The van der Waals surface area contributed by atoms with Gasteiger partial charge in [-0.3, -0.25) is 0 Å². The van der Waals surface area contributed by atoms with Gasteiger partial charge in [-0.1, -0.05) is 206 Å². The van der Waals surface area contributed by atoms with E-state index in [4.69, 9.17) is 0 Å². The van der Waals surface area contributed by atoms with E-state index in [9.17, 15) is 0 Å². The number of rotatable bonds is 6. The second-order valence-corrected chi connectivity index (χ2v) is 20.5. The second-order valence-electron chi connectivity index (χ2n) is 19.3. The van der Waals surface area contributed by atoms with Crippen LogP contribution >= 0.6 is 11.3 Å². The predicted molar refractivity (Wildman–Crippen MR) is 293 cm³/mol. The Morgan fingerprint density at radius 2 is 0.814 bits per heavy atom. The summed E-state index contributed by atoms with van der Waals surface area (Å²) in [5.74, 6) is 0. The maximum absolute atomic E-state index is 2.55. The summed E-state index contributed by atoms with van der Waals surface area (Å²) in [5.41, 5.74) is 24.8. The minimum absolute atomic E-state index is 0.488. The van der Waals surface area contributed by atoms with Gasteiger partial charge in [0.1, 0.15) is 0 Å². The van der Waals surface area contributed by atoms with Crippen molar-refractivity contribution in [1.82, 2.24) is 0 Å². The van der Waals surface area contributed by atoms with E-state index in [0.717, 1.165) is 24.2 Å². The number of nitrogens with zero attached hydrogens (tertiary/aromatic N) is 1. The number of fused-ring (bicyclic) bond motifs is 16. The standard InChI is InChI=1S/C68H45NS/c1-2-17-46(18-3-1)67(58-26-10-4-19-50(58)51-20-5-11-27-59(51)67)47-36-40-49(41-37-47)69(48-38-33-44(34-39-48)45-35-42-65-57(43-45)55-24-9-15-32-64(55)70-65)63-31-16-25-56-54-23-8-14-30-62(54)68(66(56)63)60-28-12-6-21-52(60)53-22-7-13-29-61(53)68/h1-34,36-41,43H,35,42H2. The number of aryl methyl sites for hydroxylation is 1. The van der Waals surface area contributed by atoms with Crippen LogP contribution < -0.4 is 4.90 Å². The van der Waals surface area contributed by atoms with Crippen LogP contribution in [0.15, 0.2) is 243 Å². The molecule has 0 atom stereocenters. The molecule has 1 aromatic heterocycles. The second kappa shape index (κ2) is 15.1. The lowest BCUT2D eigenvalue weighted by Gasteiger charge is -2.36. The smallest absolute Gasteiger partial charge is 0.0746 e. The van der Waals surface area contributed by atoms with Crippen molar-refractivity contribution in [3.05, 3.63) is 303 Å². The van der Waals surface area contributed by atoms with Crippen LogP contribution in [0.25, 0.3) is 55.1 Å². The Hall–Kier alpha value is -8.30.